The first-order chi connectivity index (χ1) is 7.13. The Labute approximate surface area is 92.4 Å². The van der Waals surface area contributed by atoms with Gasteiger partial charge in [0.05, 0.1) is 0 Å². The smallest absolute Gasteiger partial charge is 0.122 e. The van der Waals surface area contributed by atoms with Crippen LogP contribution in [0, 0.1) is 13.8 Å². The molecular weight excluding hydrogens is 186 g/mol. The molecule has 2 heteroatoms. The number of rotatable bonds is 5. The Bertz CT molecular complexity index is 309. The Morgan fingerprint density at radius 1 is 1.33 bits per heavy atom. The molecule has 0 bridgehead atoms. The molecule has 84 valence electrons. The molecule has 1 aromatic carbocycles. The van der Waals surface area contributed by atoms with Gasteiger partial charge in [0, 0.05) is 6.04 Å². The molecule has 0 aliphatic heterocycles. The van der Waals surface area contributed by atoms with Crippen LogP contribution in [0.15, 0.2) is 18.2 Å². The molecule has 0 saturated carbocycles. The summed E-state index contributed by atoms with van der Waals surface area (Å²) in [5, 5.41) is 0. The fourth-order valence-electron chi connectivity index (χ4n) is 1.51. The summed E-state index contributed by atoms with van der Waals surface area (Å²) in [6.07, 6.45) is 2.13. The predicted octanol–water partition coefficient (Wildman–Crippen LogP) is 2.81. The molecule has 0 heterocycles. The minimum Gasteiger partial charge on any atom is -0.492 e. The molecule has 0 aliphatic rings. The lowest BCUT2D eigenvalue weighted by atomic mass is 10.1. The van der Waals surface area contributed by atoms with Gasteiger partial charge in [-0.2, -0.15) is 0 Å². The van der Waals surface area contributed by atoms with Gasteiger partial charge >= 0.3 is 0 Å². The molecule has 1 aromatic rings. The largest absolute Gasteiger partial charge is 0.492 e. The summed E-state index contributed by atoms with van der Waals surface area (Å²) in [6, 6.07) is 6.38. The van der Waals surface area contributed by atoms with Crippen LogP contribution in [0.5, 0.6) is 5.75 Å². The summed E-state index contributed by atoms with van der Waals surface area (Å²) >= 11 is 0. The summed E-state index contributed by atoms with van der Waals surface area (Å²) in [7, 11) is 0. The topological polar surface area (TPSA) is 35.2 Å². The third kappa shape index (κ3) is 3.92. The Morgan fingerprint density at radius 3 is 2.73 bits per heavy atom. The summed E-state index contributed by atoms with van der Waals surface area (Å²) in [5.41, 5.74) is 8.29. The highest BCUT2D eigenvalue weighted by atomic mass is 16.5. The van der Waals surface area contributed by atoms with Crippen LogP contribution in [0.4, 0.5) is 0 Å². The van der Waals surface area contributed by atoms with E-state index in [1.807, 2.05) is 0 Å². The van der Waals surface area contributed by atoms with Crippen LogP contribution in [0.2, 0.25) is 0 Å². The van der Waals surface area contributed by atoms with Gasteiger partial charge in [0.25, 0.3) is 0 Å². The molecule has 2 N–H and O–H groups in total. The molecule has 0 radical (unpaired) electrons. The van der Waals surface area contributed by atoms with Gasteiger partial charge in [0.2, 0.25) is 0 Å². The first-order valence-corrected chi connectivity index (χ1v) is 5.59. The molecule has 0 aliphatic carbocycles. The lowest BCUT2D eigenvalue weighted by Gasteiger charge is -2.14. The van der Waals surface area contributed by atoms with Gasteiger partial charge in [0.15, 0.2) is 0 Å². The standard InChI is InChI=1S/C13H21NO/c1-4-5-12(14)9-15-13-8-10(2)6-7-11(13)3/h6-8,12H,4-5,9,14H2,1-3H3. The number of hydrogen-bond donors (Lipinski definition) is 1. The van der Waals surface area contributed by atoms with Crippen molar-refractivity contribution in [1.82, 2.24) is 0 Å². The molecular formula is C13H21NO. The first-order valence-electron chi connectivity index (χ1n) is 5.59. The highest BCUT2D eigenvalue weighted by Crippen LogP contribution is 2.19. The van der Waals surface area contributed by atoms with E-state index < -0.39 is 0 Å². The van der Waals surface area contributed by atoms with Gasteiger partial charge in [-0.15, -0.1) is 0 Å². The molecule has 0 amide bonds. The van der Waals surface area contributed by atoms with Crippen LogP contribution in [-0.2, 0) is 0 Å². The second kappa shape index (κ2) is 5.76. The van der Waals surface area contributed by atoms with Crippen LogP contribution in [0.25, 0.3) is 0 Å². The monoisotopic (exact) mass is 207 g/mol. The summed E-state index contributed by atoms with van der Waals surface area (Å²) in [4.78, 5) is 0. The third-order valence-electron chi connectivity index (χ3n) is 2.46. The normalized spacial score (nSPS) is 12.5. The van der Waals surface area contributed by atoms with E-state index in [4.69, 9.17) is 10.5 Å². The van der Waals surface area contributed by atoms with E-state index >= 15 is 0 Å². The van der Waals surface area contributed by atoms with Gasteiger partial charge in [-0.05, 0) is 37.5 Å². The van der Waals surface area contributed by atoms with Crippen molar-refractivity contribution in [2.75, 3.05) is 6.61 Å². The highest BCUT2D eigenvalue weighted by Gasteiger charge is 2.04. The SMILES string of the molecule is CCCC(N)COc1cc(C)ccc1C. The molecule has 0 fully saturated rings. The Kier molecular flexibility index (Phi) is 4.63. The maximum atomic E-state index is 5.90. The first kappa shape index (κ1) is 12.1. The van der Waals surface area contributed by atoms with E-state index in [1.165, 1.54) is 11.1 Å². The Morgan fingerprint density at radius 2 is 2.07 bits per heavy atom. The van der Waals surface area contributed by atoms with Gasteiger partial charge in [-0.1, -0.05) is 25.5 Å². The maximum absolute atomic E-state index is 5.90. The van der Waals surface area contributed by atoms with E-state index in [0.717, 1.165) is 18.6 Å². The maximum Gasteiger partial charge on any atom is 0.122 e. The fourth-order valence-corrected chi connectivity index (χ4v) is 1.51. The van der Waals surface area contributed by atoms with E-state index in [1.54, 1.807) is 0 Å². The predicted molar refractivity (Wildman–Crippen MR) is 64.3 cm³/mol. The summed E-state index contributed by atoms with van der Waals surface area (Å²) in [5.74, 6) is 0.960. The minimum atomic E-state index is 0.148. The zero-order chi connectivity index (χ0) is 11.3. The van der Waals surface area contributed by atoms with Crippen molar-refractivity contribution in [1.29, 1.82) is 0 Å². The number of hydrogen-bond acceptors (Lipinski definition) is 2. The average Bonchev–Trinajstić information content (AvgIpc) is 2.20. The zero-order valence-electron chi connectivity index (χ0n) is 9.92. The highest BCUT2D eigenvalue weighted by molar-refractivity contribution is 5.35. The van der Waals surface area contributed by atoms with Crippen molar-refractivity contribution in [3.63, 3.8) is 0 Å². The van der Waals surface area contributed by atoms with Crippen molar-refractivity contribution >= 4 is 0 Å². The number of aryl methyl sites for hydroxylation is 2. The lowest BCUT2D eigenvalue weighted by Crippen LogP contribution is -2.27. The fraction of sp³-hybridized carbons (Fsp3) is 0.538. The van der Waals surface area contributed by atoms with Gasteiger partial charge in [0.1, 0.15) is 12.4 Å². The molecule has 1 unspecified atom stereocenters. The van der Waals surface area contributed by atoms with Crippen molar-refractivity contribution in [3.8, 4) is 5.75 Å². The molecule has 0 aromatic heterocycles. The third-order valence-corrected chi connectivity index (χ3v) is 2.46. The molecule has 0 saturated heterocycles. The van der Waals surface area contributed by atoms with Gasteiger partial charge < -0.3 is 10.5 Å². The molecule has 0 spiro atoms. The molecule has 2 nitrogen and oxygen atoms in total. The van der Waals surface area contributed by atoms with Crippen LogP contribution < -0.4 is 10.5 Å². The average molecular weight is 207 g/mol. The van der Waals surface area contributed by atoms with Gasteiger partial charge in [-0.25, -0.2) is 0 Å². The second-order valence-electron chi connectivity index (χ2n) is 4.13. The Balaban J connectivity index is 2.53. The lowest BCUT2D eigenvalue weighted by molar-refractivity contribution is 0.279. The van der Waals surface area contributed by atoms with Crippen LogP contribution in [0.1, 0.15) is 30.9 Å². The van der Waals surface area contributed by atoms with Crippen LogP contribution in [0.3, 0.4) is 0 Å². The van der Waals surface area contributed by atoms with E-state index in [2.05, 4.69) is 39.0 Å². The number of nitrogens with two attached hydrogens (primary N) is 1. The van der Waals surface area contributed by atoms with Crippen molar-refractivity contribution < 1.29 is 4.74 Å². The Hall–Kier alpha value is -1.02. The van der Waals surface area contributed by atoms with Gasteiger partial charge in [-0.3, -0.25) is 0 Å². The van der Waals surface area contributed by atoms with Crippen LogP contribution >= 0.6 is 0 Å². The van der Waals surface area contributed by atoms with Crippen molar-refractivity contribution in [2.24, 2.45) is 5.73 Å². The number of ether oxygens (including phenoxy) is 1. The van der Waals surface area contributed by atoms with Crippen molar-refractivity contribution in [2.45, 2.75) is 39.7 Å². The summed E-state index contributed by atoms with van der Waals surface area (Å²) < 4.78 is 5.71. The number of benzene rings is 1. The molecule has 1 atom stereocenters. The molecule has 15 heavy (non-hydrogen) atoms. The minimum absolute atomic E-state index is 0.148. The van der Waals surface area contributed by atoms with Crippen molar-refractivity contribution in [3.05, 3.63) is 29.3 Å². The quantitative estimate of drug-likeness (QED) is 0.805. The molecule has 1 rings (SSSR count). The zero-order valence-corrected chi connectivity index (χ0v) is 9.92. The van der Waals surface area contributed by atoms with E-state index in [9.17, 15) is 0 Å². The van der Waals surface area contributed by atoms with Crippen LogP contribution in [-0.4, -0.2) is 12.6 Å². The van der Waals surface area contributed by atoms with E-state index in [-0.39, 0.29) is 6.04 Å². The second-order valence-corrected chi connectivity index (χ2v) is 4.13. The van der Waals surface area contributed by atoms with E-state index in [0.29, 0.717) is 6.61 Å². The summed E-state index contributed by atoms with van der Waals surface area (Å²) in [6.45, 7) is 6.87.